The fourth-order valence-electron chi connectivity index (χ4n) is 3.15. The lowest BCUT2D eigenvalue weighted by Gasteiger charge is -2.16. The first kappa shape index (κ1) is 21.6. The highest BCUT2D eigenvalue weighted by Gasteiger charge is 2.40. The van der Waals surface area contributed by atoms with Gasteiger partial charge in [0.1, 0.15) is 0 Å². The third kappa shape index (κ3) is 5.01. The van der Waals surface area contributed by atoms with E-state index < -0.39 is 5.25 Å². The number of nitrogens with zero attached hydrogens (tertiary/aromatic N) is 2. The van der Waals surface area contributed by atoms with Gasteiger partial charge in [-0.3, -0.25) is 14.5 Å². The number of amidine groups is 1. The molecule has 1 amide bonds. The van der Waals surface area contributed by atoms with E-state index in [9.17, 15) is 9.59 Å². The molecule has 0 N–H and O–H groups in total. The predicted octanol–water partition coefficient (Wildman–Crippen LogP) is 6.71. The van der Waals surface area contributed by atoms with Crippen molar-refractivity contribution in [2.45, 2.75) is 18.6 Å². The SMILES string of the molecule is Cc1ccc(C(=O)CC2SC(=Nc3ccc(Cl)cc3)N(c3ccc(Cl)cc3)C2=O)cc1. The lowest BCUT2D eigenvalue weighted by Crippen LogP contribution is -2.32. The fourth-order valence-corrected chi connectivity index (χ4v) is 4.56. The zero-order valence-corrected chi connectivity index (χ0v) is 18.9. The number of benzene rings is 3. The molecule has 0 bridgehead atoms. The summed E-state index contributed by atoms with van der Waals surface area (Å²) in [5, 5.41) is 1.13. The topological polar surface area (TPSA) is 49.7 Å². The summed E-state index contributed by atoms with van der Waals surface area (Å²) in [6, 6.07) is 21.4. The molecule has 1 fully saturated rings. The summed E-state index contributed by atoms with van der Waals surface area (Å²) in [6.07, 6.45) is 0.0935. The van der Waals surface area contributed by atoms with Gasteiger partial charge in [0.15, 0.2) is 11.0 Å². The maximum Gasteiger partial charge on any atom is 0.247 e. The number of carbonyl (C=O) groups is 2. The van der Waals surface area contributed by atoms with Gasteiger partial charge in [-0.2, -0.15) is 0 Å². The Kier molecular flexibility index (Phi) is 6.46. The average molecular weight is 469 g/mol. The zero-order valence-electron chi connectivity index (χ0n) is 16.6. The second kappa shape index (κ2) is 9.27. The average Bonchev–Trinajstić information content (AvgIpc) is 3.05. The molecule has 4 rings (SSSR count). The first-order chi connectivity index (χ1) is 14.9. The fraction of sp³-hybridized carbons (Fsp3) is 0.125. The minimum atomic E-state index is -0.560. The molecule has 7 heteroatoms. The molecular weight excluding hydrogens is 451 g/mol. The summed E-state index contributed by atoms with van der Waals surface area (Å²) in [4.78, 5) is 32.3. The molecule has 3 aromatic carbocycles. The van der Waals surface area contributed by atoms with Gasteiger partial charge in [-0.1, -0.05) is 64.8 Å². The van der Waals surface area contributed by atoms with Crippen LogP contribution in [0.1, 0.15) is 22.3 Å². The van der Waals surface area contributed by atoms with Gasteiger partial charge in [-0.15, -0.1) is 0 Å². The largest absolute Gasteiger partial charge is 0.294 e. The number of thioether (sulfide) groups is 1. The lowest BCUT2D eigenvalue weighted by atomic mass is 10.0. The summed E-state index contributed by atoms with van der Waals surface area (Å²) >= 11 is 13.3. The number of ketones is 1. The van der Waals surface area contributed by atoms with Crippen molar-refractivity contribution in [1.82, 2.24) is 0 Å². The molecule has 0 aliphatic carbocycles. The molecule has 1 aliphatic heterocycles. The van der Waals surface area contributed by atoms with E-state index in [2.05, 4.69) is 4.99 Å². The van der Waals surface area contributed by atoms with Crippen LogP contribution in [0.25, 0.3) is 0 Å². The van der Waals surface area contributed by atoms with Gasteiger partial charge < -0.3 is 0 Å². The Morgan fingerprint density at radius 2 is 1.52 bits per heavy atom. The van der Waals surface area contributed by atoms with Crippen molar-refractivity contribution in [3.05, 3.63) is 94.0 Å². The Morgan fingerprint density at radius 3 is 2.13 bits per heavy atom. The first-order valence-corrected chi connectivity index (χ1v) is 11.2. The van der Waals surface area contributed by atoms with Gasteiger partial charge in [0.2, 0.25) is 5.91 Å². The normalized spacial score (nSPS) is 17.4. The Balaban J connectivity index is 1.64. The second-order valence-electron chi connectivity index (χ2n) is 7.12. The van der Waals surface area contributed by atoms with Crippen LogP contribution >= 0.6 is 35.0 Å². The van der Waals surface area contributed by atoms with Crippen molar-refractivity contribution in [3.8, 4) is 0 Å². The van der Waals surface area contributed by atoms with E-state index >= 15 is 0 Å². The molecule has 1 unspecified atom stereocenters. The minimum absolute atomic E-state index is 0.0744. The molecule has 0 radical (unpaired) electrons. The van der Waals surface area contributed by atoms with Crippen molar-refractivity contribution in [1.29, 1.82) is 0 Å². The van der Waals surface area contributed by atoms with E-state index in [4.69, 9.17) is 23.2 Å². The Morgan fingerprint density at radius 1 is 0.935 bits per heavy atom. The highest BCUT2D eigenvalue weighted by atomic mass is 35.5. The molecule has 0 aromatic heterocycles. The molecule has 31 heavy (non-hydrogen) atoms. The van der Waals surface area contributed by atoms with Crippen molar-refractivity contribution in [2.75, 3.05) is 4.90 Å². The maximum absolute atomic E-state index is 13.3. The molecule has 4 nitrogen and oxygen atoms in total. The molecule has 0 saturated carbocycles. The van der Waals surface area contributed by atoms with Crippen molar-refractivity contribution < 1.29 is 9.59 Å². The van der Waals surface area contributed by atoms with Crippen molar-refractivity contribution in [2.24, 2.45) is 4.99 Å². The zero-order chi connectivity index (χ0) is 22.0. The van der Waals surface area contributed by atoms with E-state index in [-0.39, 0.29) is 18.1 Å². The Bertz CT molecular complexity index is 1140. The summed E-state index contributed by atoms with van der Waals surface area (Å²) < 4.78 is 0. The van der Waals surface area contributed by atoms with Crippen LogP contribution in [-0.4, -0.2) is 22.1 Å². The number of rotatable bonds is 5. The lowest BCUT2D eigenvalue weighted by molar-refractivity contribution is -0.116. The summed E-state index contributed by atoms with van der Waals surface area (Å²) in [5.74, 6) is -0.254. The molecule has 1 heterocycles. The van der Waals surface area contributed by atoms with Gasteiger partial charge in [0.05, 0.1) is 16.6 Å². The monoisotopic (exact) mass is 468 g/mol. The number of aryl methyl sites for hydroxylation is 1. The van der Waals surface area contributed by atoms with Gasteiger partial charge in [-0.05, 0) is 55.5 Å². The standard InChI is InChI=1S/C24H18Cl2N2O2S/c1-15-2-4-16(5-3-15)21(29)14-22-23(30)28(20-12-8-18(26)9-13-20)24(31-22)27-19-10-6-17(25)7-11-19/h2-13,22H,14H2,1H3. The molecular formula is C24H18Cl2N2O2S. The van der Waals surface area contributed by atoms with Crippen LogP contribution in [-0.2, 0) is 4.79 Å². The van der Waals surface area contributed by atoms with Crippen LogP contribution in [0.5, 0.6) is 0 Å². The Hall–Kier alpha value is -2.60. The van der Waals surface area contributed by atoms with Crippen LogP contribution < -0.4 is 4.90 Å². The van der Waals surface area contributed by atoms with E-state index in [1.54, 1.807) is 65.6 Å². The smallest absolute Gasteiger partial charge is 0.247 e. The van der Waals surface area contributed by atoms with Crippen LogP contribution in [0.3, 0.4) is 0 Å². The van der Waals surface area contributed by atoms with Crippen LogP contribution in [0.2, 0.25) is 10.0 Å². The van der Waals surface area contributed by atoms with Gasteiger partial charge >= 0.3 is 0 Å². The number of Topliss-reactive ketones (excluding diaryl/α,β-unsaturated/α-hetero) is 1. The highest BCUT2D eigenvalue weighted by molar-refractivity contribution is 8.16. The summed E-state index contributed by atoms with van der Waals surface area (Å²) in [6.45, 7) is 1.97. The van der Waals surface area contributed by atoms with Gasteiger partial charge in [-0.25, -0.2) is 4.99 Å². The molecule has 156 valence electrons. The van der Waals surface area contributed by atoms with Crippen LogP contribution in [0.15, 0.2) is 77.8 Å². The summed E-state index contributed by atoms with van der Waals surface area (Å²) in [5.41, 5.74) is 3.00. The number of anilines is 1. The molecule has 1 saturated heterocycles. The number of hydrogen-bond acceptors (Lipinski definition) is 4. The quantitative estimate of drug-likeness (QED) is 0.390. The third-order valence-electron chi connectivity index (χ3n) is 4.82. The molecule has 1 aliphatic rings. The van der Waals surface area contributed by atoms with E-state index in [1.807, 2.05) is 19.1 Å². The number of halogens is 2. The van der Waals surface area contributed by atoms with Gasteiger partial charge in [0.25, 0.3) is 0 Å². The minimum Gasteiger partial charge on any atom is -0.294 e. The maximum atomic E-state index is 13.3. The molecule has 3 aromatic rings. The second-order valence-corrected chi connectivity index (χ2v) is 9.16. The number of amides is 1. The van der Waals surface area contributed by atoms with Crippen molar-refractivity contribution >= 4 is 63.2 Å². The predicted molar refractivity (Wildman–Crippen MR) is 129 cm³/mol. The number of aliphatic imine (C=N–C) groups is 1. The third-order valence-corrected chi connectivity index (χ3v) is 6.46. The van der Waals surface area contributed by atoms with Crippen molar-refractivity contribution in [3.63, 3.8) is 0 Å². The number of hydrogen-bond donors (Lipinski definition) is 0. The van der Waals surface area contributed by atoms with Crippen LogP contribution in [0, 0.1) is 6.92 Å². The van der Waals surface area contributed by atoms with E-state index in [0.29, 0.717) is 32.2 Å². The van der Waals surface area contributed by atoms with Gasteiger partial charge in [0, 0.05) is 22.0 Å². The van der Waals surface area contributed by atoms with E-state index in [0.717, 1.165) is 5.56 Å². The molecule has 1 atom stereocenters. The Labute approximate surface area is 194 Å². The first-order valence-electron chi connectivity index (χ1n) is 9.61. The molecule has 0 spiro atoms. The summed E-state index contributed by atoms with van der Waals surface area (Å²) in [7, 11) is 0. The van der Waals surface area contributed by atoms with E-state index in [1.165, 1.54) is 11.8 Å². The highest BCUT2D eigenvalue weighted by Crippen LogP contribution is 2.36. The number of carbonyl (C=O) groups excluding carboxylic acids is 2. The van der Waals surface area contributed by atoms with Crippen LogP contribution in [0.4, 0.5) is 11.4 Å².